The molecule has 0 spiro atoms. The van der Waals surface area contributed by atoms with Gasteiger partial charge in [0.2, 0.25) is 0 Å². The topological polar surface area (TPSA) is 64.6 Å². The second-order valence-corrected chi connectivity index (χ2v) is 6.79. The minimum Gasteiger partial charge on any atom is -0.495 e. The Labute approximate surface area is 158 Å². The predicted molar refractivity (Wildman–Crippen MR) is 99.1 cm³/mol. The summed E-state index contributed by atoms with van der Waals surface area (Å²) in [6.07, 6.45) is 2.08. The van der Waals surface area contributed by atoms with Crippen molar-refractivity contribution in [3.05, 3.63) is 51.3 Å². The van der Waals surface area contributed by atoms with E-state index in [2.05, 4.69) is 5.32 Å². The highest BCUT2D eigenvalue weighted by Crippen LogP contribution is 2.43. The van der Waals surface area contributed by atoms with Gasteiger partial charge in [0.1, 0.15) is 5.75 Å². The molecule has 0 bridgehead atoms. The van der Waals surface area contributed by atoms with Gasteiger partial charge in [-0.1, -0.05) is 17.7 Å². The fourth-order valence-corrected chi connectivity index (χ4v) is 3.92. The molecule has 0 fully saturated rings. The van der Waals surface area contributed by atoms with Crippen LogP contribution < -0.4 is 10.1 Å². The number of ether oxygens (including phenoxy) is 2. The maximum Gasteiger partial charge on any atom is 0.336 e. The molecule has 2 aliphatic rings. The van der Waals surface area contributed by atoms with Crippen LogP contribution in [0.15, 0.2) is 40.7 Å². The molecule has 1 unspecified atom stereocenters. The normalized spacial score (nSPS) is 19.8. The number of carbonyl (C=O) groups excluding carboxylic acids is 2. The van der Waals surface area contributed by atoms with Gasteiger partial charge in [0, 0.05) is 29.3 Å². The van der Waals surface area contributed by atoms with Crippen LogP contribution >= 0.6 is 11.6 Å². The van der Waals surface area contributed by atoms with Gasteiger partial charge < -0.3 is 14.8 Å². The Bertz CT molecular complexity index is 825. The molecule has 138 valence electrons. The van der Waals surface area contributed by atoms with E-state index in [1.807, 2.05) is 13.0 Å². The lowest BCUT2D eigenvalue weighted by molar-refractivity contribution is -0.138. The highest BCUT2D eigenvalue weighted by Gasteiger charge is 2.39. The molecule has 1 atom stereocenters. The van der Waals surface area contributed by atoms with E-state index in [-0.39, 0.29) is 12.4 Å². The van der Waals surface area contributed by atoms with Gasteiger partial charge in [0.25, 0.3) is 0 Å². The molecular formula is C20H22ClNO4. The van der Waals surface area contributed by atoms with Crippen LogP contribution in [0.1, 0.15) is 44.6 Å². The number of benzene rings is 1. The lowest BCUT2D eigenvalue weighted by atomic mass is 9.75. The summed E-state index contributed by atoms with van der Waals surface area (Å²) in [4.78, 5) is 25.4. The molecular weight excluding hydrogens is 354 g/mol. The zero-order chi connectivity index (χ0) is 18.8. The highest BCUT2D eigenvalue weighted by molar-refractivity contribution is 6.32. The van der Waals surface area contributed by atoms with Gasteiger partial charge >= 0.3 is 5.97 Å². The Morgan fingerprint density at radius 1 is 1.35 bits per heavy atom. The number of hydrogen-bond acceptors (Lipinski definition) is 5. The van der Waals surface area contributed by atoms with Crippen molar-refractivity contribution in [2.45, 2.75) is 39.0 Å². The monoisotopic (exact) mass is 375 g/mol. The molecule has 1 N–H and O–H groups in total. The summed E-state index contributed by atoms with van der Waals surface area (Å²) in [7, 11) is 1.55. The molecule has 26 heavy (non-hydrogen) atoms. The number of carbonyl (C=O) groups is 2. The maximum absolute atomic E-state index is 12.7. The van der Waals surface area contributed by atoms with Crippen LogP contribution in [-0.2, 0) is 14.3 Å². The summed E-state index contributed by atoms with van der Waals surface area (Å²) in [5, 5.41) is 3.69. The molecule has 1 aromatic rings. The molecule has 0 saturated heterocycles. The summed E-state index contributed by atoms with van der Waals surface area (Å²) in [6.45, 7) is 3.87. The molecule has 1 aromatic carbocycles. The van der Waals surface area contributed by atoms with Gasteiger partial charge in [-0.25, -0.2) is 4.79 Å². The Hall–Kier alpha value is -2.27. The van der Waals surface area contributed by atoms with Gasteiger partial charge in [0.05, 0.1) is 24.3 Å². The van der Waals surface area contributed by atoms with E-state index in [0.29, 0.717) is 34.0 Å². The standard InChI is InChI=1S/C20H22ClNO4/c1-4-26-20(24)17-11(2)22-14-6-5-7-15(23)19(14)18(17)12-8-9-16(25-3)13(21)10-12/h8-10,18,22H,4-7H2,1-3H3. The van der Waals surface area contributed by atoms with E-state index in [9.17, 15) is 9.59 Å². The number of ketones is 1. The molecule has 1 heterocycles. The maximum atomic E-state index is 12.7. The molecule has 5 nitrogen and oxygen atoms in total. The van der Waals surface area contributed by atoms with E-state index in [4.69, 9.17) is 21.1 Å². The molecule has 6 heteroatoms. The van der Waals surface area contributed by atoms with Crippen LogP contribution in [-0.4, -0.2) is 25.5 Å². The third kappa shape index (κ3) is 3.23. The first-order chi connectivity index (χ1) is 12.5. The summed E-state index contributed by atoms with van der Waals surface area (Å²) in [5.74, 6) is -0.294. The van der Waals surface area contributed by atoms with Crippen LogP contribution in [0.2, 0.25) is 5.02 Å². The predicted octanol–water partition coefficient (Wildman–Crippen LogP) is 3.88. The van der Waals surface area contributed by atoms with Crippen molar-refractivity contribution in [2.24, 2.45) is 0 Å². The van der Waals surface area contributed by atoms with Crippen molar-refractivity contribution in [1.82, 2.24) is 5.32 Å². The minimum absolute atomic E-state index is 0.0602. The average Bonchev–Trinajstić information content (AvgIpc) is 2.60. The number of Topliss-reactive ketones (excluding diaryl/α,β-unsaturated/α-hetero) is 1. The summed E-state index contributed by atoms with van der Waals surface area (Å²) < 4.78 is 10.5. The first kappa shape index (κ1) is 18.5. The Kier molecular flexibility index (Phi) is 5.37. The van der Waals surface area contributed by atoms with Crippen molar-refractivity contribution < 1.29 is 19.1 Å². The largest absolute Gasteiger partial charge is 0.495 e. The van der Waals surface area contributed by atoms with Gasteiger partial charge in [-0.15, -0.1) is 0 Å². The Morgan fingerprint density at radius 2 is 2.12 bits per heavy atom. The van der Waals surface area contributed by atoms with E-state index < -0.39 is 11.9 Å². The Morgan fingerprint density at radius 3 is 2.77 bits per heavy atom. The smallest absolute Gasteiger partial charge is 0.336 e. The summed E-state index contributed by atoms with van der Waals surface area (Å²) in [6, 6.07) is 5.36. The number of rotatable bonds is 4. The highest BCUT2D eigenvalue weighted by atomic mass is 35.5. The second kappa shape index (κ2) is 7.54. The van der Waals surface area contributed by atoms with Gasteiger partial charge in [-0.05, 0) is 44.4 Å². The lowest BCUT2D eigenvalue weighted by Crippen LogP contribution is -2.34. The van der Waals surface area contributed by atoms with Crippen LogP contribution in [0.4, 0.5) is 0 Å². The van der Waals surface area contributed by atoms with Gasteiger partial charge in [-0.3, -0.25) is 4.79 Å². The number of halogens is 1. The van der Waals surface area contributed by atoms with Crippen LogP contribution in [0.5, 0.6) is 5.75 Å². The van der Waals surface area contributed by atoms with Crippen molar-refractivity contribution in [3.8, 4) is 5.75 Å². The molecule has 0 aromatic heterocycles. The molecule has 0 radical (unpaired) electrons. The SMILES string of the molecule is CCOC(=O)C1=C(C)NC2=C(C(=O)CCC2)C1c1ccc(OC)c(Cl)c1. The van der Waals surface area contributed by atoms with E-state index in [1.54, 1.807) is 26.2 Å². The van der Waals surface area contributed by atoms with Crippen LogP contribution in [0.3, 0.4) is 0 Å². The average molecular weight is 376 g/mol. The van der Waals surface area contributed by atoms with Crippen molar-refractivity contribution in [1.29, 1.82) is 0 Å². The van der Waals surface area contributed by atoms with Gasteiger partial charge in [0.15, 0.2) is 5.78 Å². The van der Waals surface area contributed by atoms with E-state index >= 15 is 0 Å². The minimum atomic E-state index is -0.485. The summed E-state index contributed by atoms with van der Waals surface area (Å²) in [5.41, 5.74) is 3.49. The Balaban J connectivity index is 2.17. The van der Waals surface area contributed by atoms with Crippen molar-refractivity contribution in [3.63, 3.8) is 0 Å². The molecule has 1 aliphatic carbocycles. The zero-order valence-corrected chi connectivity index (χ0v) is 15.9. The molecule has 0 amide bonds. The van der Waals surface area contributed by atoms with Crippen LogP contribution in [0, 0.1) is 0 Å². The third-order valence-corrected chi connectivity index (χ3v) is 5.08. The zero-order valence-electron chi connectivity index (χ0n) is 15.1. The molecule has 0 saturated carbocycles. The number of nitrogens with one attached hydrogen (secondary N) is 1. The van der Waals surface area contributed by atoms with Crippen molar-refractivity contribution >= 4 is 23.4 Å². The number of methoxy groups -OCH3 is 1. The fourth-order valence-electron chi connectivity index (χ4n) is 3.66. The second-order valence-electron chi connectivity index (χ2n) is 6.38. The first-order valence-corrected chi connectivity index (χ1v) is 9.10. The van der Waals surface area contributed by atoms with E-state index in [1.165, 1.54) is 0 Å². The lowest BCUT2D eigenvalue weighted by Gasteiger charge is -2.34. The number of allylic oxidation sites excluding steroid dienone is 3. The number of hydrogen-bond donors (Lipinski definition) is 1. The number of esters is 1. The van der Waals surface area contributed by atoms with E-state index in [0.717, 1.165) is 24.1 Å². The van der Waals surface area contributed by atoms with Crippen molar-refractivity contribution in [2.75, 3.05) is 13.7 Å². The van der Waals surface area contributed by atoms with Gasteiger partial charge in [-0.2, -0.15) is 0 Å². The molecule has 1 aliphatic heterocycles. The molecule has 3 rings (SSSR count). The number of dihydropyridines is 1. The van der Waals surface area contributed by atoms with Crippen LogP contribution in [0.25, 0.3) is 0 Å². The first-order valence-electron chi connectivity index (χ1n) is 8.72. The quantitative estimate of drug-likeness (QED) is 0.809. The summed E-state index contributed by atoms with van der Waals surface area (Å²) >= 11 is 6.31. The fraction of sp³-hybridized carbons (Fsp3) is 0.400. The third-order valence-electron chi connectivity index (χ3n) is 4.78.